The van der Waals surface area contributed by atoms with Crippen molar-refractivity contribution >= 4 is 29.3 Å². The number of hydrogen-bond acceptors (Lipinski definition) is 4. The number of rotatable bonds is 6. The molecule has 2 aromatic carbocycles. The molecule has 0 aliphatic carbocycles. The number of para-hydroxylation sites is 1. The maximum atomic E-state index is 12.1. The molecule has 0 atom stereocenters. The first-order valence-corrected chi connectivity index (χ1v) is 7.90. The van der Waals surface area contributed by atoms with Gasteiger partial charge in [0.05, 0.1) is 17.0 Å². The molecule has 2 rings (SSSR count). The number of carbonyl (C=O) groups excluding carboxylic acids is 2. The van der Waals surface area contributed by atoms with E-state index in [9.17, 15) is 19.7 Å². The van der Waals surface area contributed by atoms with Crippen LogP contribution in [0.4, 0.5) is 11.4 Å². The van der Waals surface area contributed by atoms with E-state index >= 15 is 0 Å². The van der Waals surface area contributed by atoms with Crippen LogP contribution in [0.15, 0.2) is 54.6 Å². The molecule has 0 bridgehead atoms. The lowest BCUT2D eigenvalue weighted by Gasteiger charge is -2.15. The van der Waals surface area contributed by atoms with Crippen molar-refractivity contribution in [3.05, 3.63) is 75.8 Å². The van der Waals surface area contributed by atoms with Crippen molar-refractivity contribution in [1.82, 2.24) is 4.90 Å². The van der Waals surface area contributed by atoms with Crippen molar-refractivity contribution < 1.29 is 14.5 Å². The molecule has 0 aliphatic heterocycles. The Kier molecular flexibility index (Phi) is 6.21. The predicted octanol–water partition coefficient (Wildman–Crippen LogP) is 3.01. The number of likely N-dealkylation sites (N-methyl/N-ethyl adjacent to an activating group) is 1. The monoisotopic (exact) mass is 353 g/mol. The summed E-state index contributed by atoms with van der Waals surface area (Å²) in [5.74, 6) is -0.758. The molecule has 2 amide bonds. The zero-order chi connectivity index (χ0) is 19.1. The van der Waals surface area contributed by atoms with Gasteiger partial charge < -0.3 is 10.2 Å². The molecule has 0 unspecified atom stereocenters. The molecular weight excluding hydrogens is 334 g/mol. The van der Waals surface area contributed by atoms with Gasteiger partial charge in [-0.15, -0.1) is 0 Å². The van der Waals surface area contributed by atoms with Gasteiger partial charge in [-0.1, -0.05) is 29.8 Å². The number of aryl methyl sites for hydroxylation is 1. The van der Waals surface area contributed by atoms with Gasteiger partial charge in [-0.2, -0.15) is 0 Å². The summed E-state index contributed by atoms with van der Waals surface area (Å²) in [7, 11) is 1.49. The van der Waals surface area contributed by atoms with Crippen LogP contribution in [0, 0.1) is 17.0 Å². The molecule has 0 aromatic heterocycles. The van der Waals surface area contributed by atoms with E-state index in [1.165, 1.54) is 30.2 Å². The second kappa shape index (κ2) is 8.57. The van der Waals surface area contributed by atoms with Crippen molar-refractivity contribution in [3.8, 4) is 0 Å². The Hall–Kier alpha value is -3.48. The van der Waals surface area contributed by atoms with Gasteiger partial charge in [0, 0.05) is 24.9 Å². The smallest absolute Gasteiger partial charge is 0.276 e. The minimum Gasteiger partial charge on any atom is -0.333 e. The van der Waals surface area contributed by atoms with E-state index < -0.39 is 10.8 Å². The van der Waals surface area contributed by atoms with Crippen LogP contribution in [0.25, 0.3) is 6.08 Å². The molecule has 7 heteroatoms. The highest BCUT2D eigenvalue weighted by Gasteiger charge is 2.13. The largest absolute Gasteiger partial charge is 0.333 e. The summed E-state index contributed by atoms with van der Waals surface area (Å²) in [6.45, 7) is 1.81. The number of nitrogens with zero attached hydrogens (tertiary/aromatic N) is 2. The van der Waals surface area contributed by atoms with Gasteiger partial charge in [0.1, 0.15) is 0 Å². The zero-order valence-electron chi connectivity index (χ0n) is 14.5. The summed E-state index contributed by atoms with van der Waals surface area (Å²) in [6, 6.07) is 13.4. The zero-order valence-corrected chi connectivity index (χ0v) is 14.5. The maximum Gasteiger partial charge on any atom is 0.276 e. The quantitative estimate of drug-likeness (QED) is 0.491. The van der Waals surface area contributed by atoms with Crippen LogP contribution in [0.3, 0.4) is 0 Å². The molecule has 0 aliphatic rings. The first kappa shape index (κ1) is 18.9. The fourth-order valence-corrected chi connectivity index (χ4v) is 2.21. The standard InChI is InChI=1S/C19H19N3O4/c1-14-7-10-16(11-8-14)20-18(23)13-21(2)19(24)12-9-15-5-3-4-6-17(15)22(25)26/h3-12H,13H2,1-2H3,(H,20,23)/b12-9+. The molecule has 2 aromatic rings. The number of nitro benzene ring substituents is 1. The highest BCUT2D eigenvalue weighted by atomic mass is 16.6. The molecule has 0 fully saturated rings. The summed E-state index contributed by atoms with van der Waals surface area (Å²) in [5, 5.41) is 13.7. The minimum absolute atomic E-state index is 0.0867. The minimum atomic E-state index is -0.511. The number of amides is 2. The SMILES string of the molecule is Cc1ccc(NC(=O)CN(C)C(=O)/C=C/c2ccccc2[N+](=O)[O-])cc1. The second-order valence-corrected chi connectivity index (χ2v) is 5.76. The Labute approximate surface area is 151 Å². The van der Waals surface area contributed by atoms with Crippen LogP contribution in [0.2, 0.25) is 0 Å². The predicted molar refractivity (Wildman–Crippen MR) is 99.6 cm³/mol. The number of nitro groups is 1. The third-order valence-electron chi connectivity index (χ3n) is 3.63. The normalized spacial score (nSPS) is 10.5. The molecule has 0 heterocycles. The molecule has 1 N–H and O–H groups in total. The first-order chi connectivity index (χ1) is 12.4. The molecule has 7 nitrogen and oxygen atoms in total. The Morgan fingerprint density at radius 1 is 1.15 bits per heavy atom. The molecular formula is C19H19N3O4. The van der Waals surface area contributed by atoms with E-state index in [-0.39, 0.29) is 18.1 Å². The van der Waals surface area contributed by atoms with Crippen LogP contribution in [0.1, 0.15) is 11.1 Å². The highest BCUT2D eigenvalue weighted by molar-refractivity contribution is 5.98. The van der Waals surface area contributed by atoms with Gasteiger partial charge >= 0.3 is 0 Å². The fraction of sp³-hybridized carbons (Fsp3) is 0.158. The summed E-state index contributed by atoms with van der Waals surface area (Å²) in [5.41, 5.74) is 1.96. The van der Waals surface area contributed by atoms with Crippen molar-refractivity contribution in [2.24, 2.45) is 0 Å². The molecule has 0 saturated carbocycles. The van der Waals surface area contributed by atoms with Crippen molar-refractivity contribution in [1.29, 1.82) is 0 Å². The van der Waals surface area contributed by atoms with E-state index in [1.807, 2.05) is 19.1 Å². The lowest BCUT2D eigenvalue weighted by atomic mass is 10.1. The molecule has 26 heavy (non-hydrogen) atoms. The summed E-state index contributed by atoms with van der Waals surface area (Å²) in [4.78, 5) is 35.8. The van der Waals surface area contributed by atoms with E-state index in [2.05, 4.69) is 5.32 Å². The van der Waals surface area contributed by atoms with Gasteiger partial charge in [0.15, 0.2) is 0 Å². The highest BCUT2D eigenvalue weighted by Crippen LogP contribution is 2.19. The molecule has 134 valence electrons. The third-order valence-corrected chi connectivity index (χ3v) is 3.63. The molecule has 0 spiro atoms. The maximum absolute atomic E-state index is 12.1. The number of benzene rings is 2. The van der Waals surface area contributed by atoms with Gasteiger partial charge in [0.2, 0.25) is 11.8 Å². The van der Waals surface area contributed by atoms with Crippen molar-refractivity contribution in [2.75, 3.05) is 18.9 Å². The average Bonchev–Trinajstić information content (AvgIpc) is 2.61. The van der Waals surface area contributed by atoms with Crippen LogP contribution < -0.4 is 5.32 Å². The summed E-state index contributed by atoms with van der Waals surface area (Å²) in [6.07, 6.45) is 2.58. The first-order valence-electron chi connectivity index (χ1n) is 7.90. The van der Waals surface area contributed by atoms with Gasteiger partial charge in [0.25, 0.3) is 5.69 Å². The lowest BCUT2D eigenvalue weighted by Crippen LogP contribution is -2.33. The summed E-state index contributed by atoms with van der Waals surface area (Å²) >= 11 is 0. The lowest BCUT2D eigenvalue weighted by molar-refractivity contribution is -0.385. The van der Waals surface area contributed by atoms with Crippen LogP contribution in [-0.2, 0) is 9.59 Å². The Morgan fingerprint density at radius 2 is 1.81 bits per heavy atom. The number of carbonyl (C=O) groups is 2. The number of nitrogens with one attached hydrogen (secondary N) is 1. The summed E-state index contributed by atoms with van der Waals surface area (Å²) < 4.78 is 0. The molecule has 0 radical (unpaired) electrons. The number of anilines is 1. The van der Waals surface area contributed by atoms with E-state index in [4.69, 9.17) is 0 Å². The van der Waals surface area contributed by atoms with Crippen molar-refractivity contribution in [2.45, 2.75) is 6.92 Å². The number of hydrogen-bond donors (Lipinski definition) is 1. The topological polar surface area (TPSA) is 92.6 Å². The second-order valence-electron chi connectivity index (χ2n) is 5.76. The van der Waals surface area contributed by atoms with Gasteiger partial charge in [-0.3, -0.25) is 19.7 Å². The fourth-order valence-electron chi connectivity index (χ4n) is 2.21. The van der Waals surface area contributed by atoms with E-state index in [0.29, 0.717) is 11.3 Å². The average molecular weight is 353 g/mol. The third kappa shape index (κ3) is 5.27. The van der Waals surface area contributed by atoms with E-state index in [1.54, 1.807) is 30.3 Å². The Balaban J connectivity index is 1.96. The van der Waals surface area contributed by atoms with Gasteiger partial charge in [-0.05, 0) is 31.2 Å². The Bertz CT molecular complexity index is 844. The van der Waals surface area contributed by atoms with Crippen LogP contribution >= 0.6 is 0 Å². The van der Waals surface area contributed by atoms with Crippen LogP contribution in [-0.4, -0.2) is 35.2 Å². The van der Waals surface area contributed by atoms with Crippen molar-refractivity contribution in [3.63, 3.8) is 0 Å². The van der Waals surface area contributed by atoms with E-state index in [0.717, 1.165) is 5.56 Å². The molecule has 0 saturated heterocycles. The van der Waals surface area contributed by atoms with Crippen LogP contribution in [0.5, 0.6) is 0 Å². The van der Waals surface area contributed by atoms with Gasteiger partial charge in [-0.25, -0.2) is 0 Å². The Morgan fingerprint density at radius 3 is 2.46 bits per heavy atom.